The second-order valence-corrected chi connectivity index (χ2v) is 6.44. The van der Waals surface area contributed by atoms with Crippen LogP contribution in [0, 0.1) is 6.92 Å². The first kappa shape index (κ1) is 21.9. The SMILES string of the molecule is COCCOc1c(OC)cc(Nc2ncnc(Nc3ccc(C)c(O)c3)n2)cc1OC. The number of methoxy groups -OCH3 is 3. The van der Waals surface area contributed by atoms with E-state index in [4.69, 9.17) is 18.9 Å². The number of phenolic OH excluding ortho intramolecular Hbond substituents is 1. The molecule has 0 bridgehead atoms. The minimum absolute atomic E-state index is 0.185. The largest absolute Gasteiger partial charge is 0.508 e. The normalized spacial score (nSPS) is 10.5. The van der Waals surface area contributed by atoms with Crippen LogP contribution in [0.1, 0.15) is 5.56 Å². The number of rotatable bonds is 10. The summed E-state index contributed by atoms with van der Waals surface area (Å²) in [4.78, 5) is 12.6. The maximum atomic E-state index is 9.87. The van der Waals surface area contributed by atoms with E-state index in [1.54, 1.807) is 45.6 Å². The van der Waals surface area contributed by atoms with Gasteiger partial charge >= 0.3 is 0 Å². The Kier molecular flexibility index (Phi) is 7.28. The molecule has 0 amide bonds. The molecular weight excluding hydrogens is 402 g/mol. The molecule has 0 saturated carbocycles. The molecule has 31 heavy (non-hydrogen) atoms. The highest BCUT2D eigenvalue weighted by Crippen LogP contribution is 2.40. The van der Waals surface area contributed by atoms with E-state index in [2.05, 4.69) is 25.6 Å². The van der Waals surface area contributed by atoms with Gasteiger partial charge in [-0.25, -0.2) is 9.97 Å². The second kappa shape index (κ2) is 10.3. The van der Waals surface area contributed by atoms with Crippen molar-refractivity contribution < 1.29 is 24.1 Å². The molecule has 10 heteroatoms. The summed E-state index contributed by atoms with van der Waals surface area (Å²) in [5.41, 5.74) is 2.07. The van der Waals surface area contributed by atoms with Crippen LogP contribution in [0.25, 0.3) is 0 Å². The Morgan fingerprint density at radius 3 is 2.10 bits per heavy atom. The lowest BCUT2D eigenvalue weighted by atomic mass is 10.2. The molecule has 164 valence electrons. The maximum Gasteiger partial charge on any atom is 0.232 e. The number of nitrogens with zero attached hydrogens (tertiary/aromatic N) is 3. The van der Waals surface area contributed by atoms with Crippen LogP contribution in [0.3, 0.4) is 0 Å². The van der Waals surface area contributed by atoms with E-state index in [0.29, 0.717) is 53.7 Å². The van der Waals surface area contributed by atoms with Crippen LogP contribution >= 0.6 is 0 Å². The smallest absolute Gasteiger partial charge is 0.232 e. The number of hydrogen-bond acceptors (Lipinski definition) is 10. The van der Waals surface area contributed by atoms with E-state index in [1.165, 1.54) is 6.33 Å². The van der Waals surface area contributed by atoms with E-state index in [-0.39, 0.29) is 5.75 Å². The van der Waals surface area contributed by atoms with Gasteiger partial charge in [0.25, 0.3) is 0 Å². The molecule has 1 heterocycles. The van der Waals surface area contributed by atoms with Crippen LogP contribution < -0.4 is 24.8 Å². The first-order valence-electron chi connectivity index (χ1n) is 9.44. The van der Waals surface area contributed by atoms with E-state index in [0.717, 1.165) is 5.56 Å². The van der Waals surface area contributed by atoms with Crippen LogP contribution in [0.4, 0.5) is 23.3 Å². The highest BCUT2D eigenvalue weighted by molar-refractivity contribution is 5.66. The topological polar surface area (TPSA) is 120 Å². The van der Waals surface area contributed by atoms with Gasteiger partial charge in [0.05, 0.1) is 20.8 Å². The third-order valence-corrected chi connectivity index (χ3v) is 4.29. The van der Waals surface area contributed by atoms with Gasteiger partial charge in [0.15, 0.2) is 11.5 Å². The van der Waals surface area contributed by atoms with Crippen LogP contribution in [-0.2, 0) is 4.74 Å². The second-order valence-electron chi connectivity index (χ2n) is 6.44. The molecule has 0 aliphatic heterocycles. The van der Waals surface area contributed by atoms with E-state index >= 15 is 0 Å². The van der Waals surface area contributed by atoms with Crippen molar-refractivity contribution in [2.45, 2.75) is 6.92 Å². The fraction of sp³-hybridized carbons (Fsp3) is 0.286. The zero-order chi connectivity index (χ0) is 22.2. The molecule has 0 spiro atoms. The first-order valence-corrected chi connectivity index (χ1v) is 9.44. The predicted octanol–water partition coefficient (Wildman–Crippen LogP) is 3.42. The van der Waals surface area contributed by atoms with Crippen molar-refractivity contribution >= 4 is 23.3 Å². The lowest BCUT2D eigenvalue weighted by Crippen LogP contribution is -2.07. The van der Waals surface area contributed by atoms with Crippen LogP contribution in [0.5, 0.6) is 23.0 Å². The molecule has 3 aromatic rings. The minimum atomic E-state index is 0.185. The number of aromatic hydroxyl groups is 1. The lowest BCUT2D eigenvalue weighted by Gasteiger charge is -2.16. The van der Waals surface area contributed by atoms with Gasteiger partial charge in [-0.05, 0) is 18.6 Å². The van der Waals surface area contributed by atoms with Crippen molar-refractivity contribution in [1.29, 1.82) is 0 Å². The number of ether oxygens (including phenoxy) is 4. The molecule has 0 unspecified atom stereocenters. The van der Waals surface area contributed by atoms with Crippen molar-refractivity contribution in [1.82, 2.24) is 15.0 Å². The summed E-state index contributed by atoms with van der Waals surface area (Å²) in [5.74, 6) is 2.26. The quantitative estimate of drug-likeness (QED) is 0.415. The van der Waals surface area contributed by atoms with Crippen LogP contribution in [0.2, 0.25) is 0 Å². The van der Waals surface area contributed by atoms with Crippen LogP contribution in [0.15, 0.2) is 36.7 Å². The van der Waals surface area contributed by atoms with Gasteiger partial charge < -0.3 is 34.7 Å². The number of phenols is 1. The molecule has 0 radical (unpaired) electrons. The van der Waals surface area contributed by atoms with Crippen LogP contribution in [-0.4, -0.2) is 54.6 Å². The minimum Gasteiger partial charge on any atom is -0.508 e. The summed E-state index contributed by atoms with van der Waals surface area (Å²) in [6, 6.07) is 8.72. The number of hydrogen-bond donors (Lipinski definition) is 3. The Morgan fingerprint density at radius 1 is 0.871 bits per heavy atom. The highest BCUT2D eigenvalue weighted by Gasteiger charge is 2.15. The van der Waals surface area contributed by atoms with E-state index in [1.807, 2.05) is 13.0 Å². The van der Waals surface area contributed by atoms with Gasteiger partial charge in [-0.1, -0.05) is 6.07 Å². The molecule has 1 aromatic heterocycles. The highest BCUT2D eigenvalue weighted by atomic mass is 16.6. The van der Waals surface area contributed by atoms with Gasteiger partial charge in [-0.2, -0.15) is 4.98 Å². The Bertz CT molecular complexity index is 1010. The molecule has 3 rings (SSSR count). The number of anilines is 4. The molecule has 0 saturated heterocycles. The monoisotopic (exact) mass is 427 g/mol. The number of benzene rings is 2. The lowest BCUT2D eigenvalue weighted by molar-refractivity contribution is 0.142. The number of aryl methyl sites for hydroxylation is 1. The predicted molar refractivity (Wildman–Crippen MR) is 116 cm³/mol. The van der Waals surface area contributed by atoms with Crippen molar-refractivity contribution in [3.63, 3.8) is 0 Å². The molecule has 0 fully saturated rings. The molecule has 3 N–H and O–H groups in total. The van der Waals surface area contributed by atoms with Gasteiger partial charge in [-0.3, -0.25) is 0 Å². The van der Waals surface area contributed by atoms with Gasteiger partial charge in [-0.15, -0.1) is 0 Å². The van der Waals surface area contributed by atoms with E-state index < -0.39 is 0 Å². The summed E-state index contributed by atoms with van der Waals surface area (Å²) in [7, 11) is 4.69. The molecule has 0 aliphatic carbocycles. The Morgan fingerprint density at radius 2 is 1.52 bits per heavy atom. The zero-order valence-corrected chi connectivity index (χ0v) is 17.8. The third-order valence-electron chi connectivity index (χ3n) is 4.29. The van der Waals surface area contributed by atoms with Gasteiger partial charge in [0.1, 0.15) is 18.7 Å². The fourth-order valence-electron chi connectivity index (χ4n) is 2.68. The Labute approximate surface area is 180 Å². The standard InChI is InChI=1S/C21H25N5O5/c1-13-5-6-14(9-16(13)27)24-20-22-12-23-21(26-20)25-15-10-17(29-3)19(18(11-15)30-4)31-8-7-28-2/h5-6,9-12,27H,7-8H2,1-4H3,(H2,22,23,24,25,26). The fourth-order valence-corrected chi connectivity index (χ4v) is 2.68. The zero-order valence-electron chi connectivity index (χ0n) is 17.8. The van der Waals surface area contributed by atoms with Crippen molar-refractivity contribution in [3.8, 4) is 23.0 Å². The first-order chi connectivity index (χ1) is 15.0. The summed E-state index contributed by atoms with van der Waals surface area (Å²) in [5, 5.41) is 16.0. The summed E-state index contributed by atoms with van der Waals surface area (Å²) < 4.78 is 21.6. The molecule has 0 atom stereocenters. The Balaban J connectivity index is 1.80. The average Bonchev–Trinajstić information content (AvgIpc) is 2.77. The van der Waals surface area contributed by atoms with Crippen molar-refractivity contribution in [2.75, 3.05) is 45.2 Å². The van der Waals surface area contributed by atoms with Gasteiger partial charge in [0, 0.05) is 36.7 Å². The summed E-state index contributed by atoms with van der Waals surface area (Å²) >= 11 is 0. The maximum absolute atomic E-state index is 9.87. The summed E-state index contributed by atoms with van der Waals surface area (Å²) in [6.07, 6.45) is 1.38. The third kappa shape index (κ3) is 5.64. The Hall–Kier alpha value is -3.79. The van der Waals surface area contributed by atoms with Crippen molar-refractivity contribution in [3.05, 3.63) is 42.2 Å². The number of aromatic nitrogens is 3. The average molecular weight is 427 g/mol. The molecular formula is C21H25N5O5. The number of nitrogens with one attached hydrogen (secondary N) is 2. The molecule has 10 nitrogen and oxygen atoms in total. The summed E-state index contributed by atoms with van der Waals surface area (Å²) in [6.45, 7) is 2.61. The molecule has 0 aliphatic rings. The van der Waals surface area contributed by atoms with Crippen molar-refractivity contribution in [2.24, 2.45) is 0 Å². The van der Waals surface area contributed by atoms with E-state index in [9.17, 15) is 5.11 Å². The molecule has 2 aromatic carbocycles. The van der Waals surface area contributed by atoms with Gasteiger partial charge in [0.2, 0.25) is 17.6 Å².